The topological polar surface area (TPSA) is 55.8 Å². The number of fused-ring (bicyclic) bond motifs is 2. The first-order chi connectivity index (χ1) is 11.0. The van der Waals surface area contributed by atoms with E-state index < -0.39 is 23.8 Å². The maximum atomic E-state index is 13.0. The number of nitrogens with zero attached hydrogens (tertiary/aromatic N) is 1. The Kier molecular flexibility index (Phi) is 5.83. The van der Waals surface area contributed by atoms with Gasteiger partial charge in [-0.05, 0) is 44.2 Å². The number of halogens is 2. The third-order valence-electron chi connectivity index (χ3n) is 5.03. The lowest BCUT2D eigenvalue weighted by Crippen LogP contribution is -2.53. The van der Waals surface area contributed by atoms with Crippen molar-refractivity contribution in [2.45, 2.75) is 37.5 Å². The molecule has 0 amide bonds. The summed E-state index contributed by atoms with van der Waals surface area (Å²) in [6, 6.07) is 5.54. The lowest BCUT2D eigenvalue weighted by atomic mass is 9.87. The number of hydrogen-bond acceptors (Lipinski definition) is 5. The number of methoxy groups -OCH3 is 1. The van der Waals surface area contributed by atoms with E-state index in [0.717, 1.165) is 12.8 Å². The number of esters is 2. The number of carbonyl (C=O) groups is 2. The lowest BCUT2D eigenvalue weighted by molar-refractivity contribution is -0.156. The molecule has 7 heteroatoms. The van der Waals surface area contributed by atoms with E-state index >= 15 is 0 Å². The molecule has 0 N–H and O–H groups in total. The molecule has 0 radical (unpaired) electrons. The summed E-state index contributed by atoms with van der Waals surface area (Å²) < 4.78 is 23.5. The van der Waals surface area contributed by atoms with E-state index in [9.17, 15) is 14.0 Å². The van der Waals surface area contributed by atoms with Crippen molar-refractivity contribution in [3.63, 3.8) is 0 Å². The minimum absolute atomic E-state index is 0. The fraction of sp³-hybridized carbons (Fsp3) is 0.529. The summed E-state index contributed by atoms with van der Waals surface area (Å²) in [5.74, 6) is -1.77. The average Bonchev–Trinajstić information content (AvgIpc) is 2.78. The van der Waals surface area contributed by atoms with Crippen LogP contribution in [0.4, 0.5) is 4.39 Å². The maximum absolute atomic E-state index is 13.0. The summed E-state index contributed by atoms with van der Waals surface area (Å²) >= 11 is 0. The van der Waals surface area contributed by atoms with Gasteiger partial charge in [0, 0.05) is 18.5 Å². The molecule has 5 nitrogen and oxygen atoms in total. The Morgan fingerprint density at radius 3 is 2.50 bits per heavy atom. The van der Waals surface area contributed by atoms with E-state index in [2.05, 4.69) is 4.90 Å². The van der Waals surface area contributed by atoms with Crippen LogP contribution in [-0.2, 0) is 14.3 Å². The minimum Gasteiger partial charge on any atom is -0.469 e. The van der Waals surface area contributed by atoms with Gasteiger partial charge in [-0.2, -0.15) is 0 Å². The first-order valence-electron chi connectivity index (χ1n) is 7.77. The van der Waals surface area contributed by atoms with Crippen LogP contribution in [0.15, 0.2) is 24.3 Å². The highest BCUT2D eigenvalue weighted by atomic mass is 35.5. The van der Waals surface area contributed by atoms with Gasteiger partial charge in [0.25, 0.3) is 0 Å². The third kappa shape index (κ3) is 3.39. The van der Waals surface area contributed by atoms with Gasteiger partial charge < -0.3 is 9.47 Å². The smallest absolute Gasteiger partial charge is 0.338 e. The van der Waals surface area contributed by atoms with Crippen LogP contribution in [0.5, 0.6) is 0 Å². The molecule has 2 aliphatic heterocycles. The van der Waals surface area contributed by atoms with Crippen LogP contribution in [0.1, 0.15) is 29.6 Å². The number of carbonyl (C=O) groups excluding carboxylic acids is 2. The predicted molar refractivity (Wildman–Crippen MR) is 87.5 cm³/mol. The lowest BCUT2D eigenvalue weighted by Gasteiger charge is -2.40. The molecule has 2 aliphatic rings. The largest absolute Gasteiger partial charge is 0.469 e. The molecule has 0 aliphatic carbocycles. The number of hydrogen-bond donors (Lipinski definition) is 0. The zero-order chi connectivity index (χ0) is 16.6. The van der Waals surface area contributed by atoms with Crippen LogP contribution in [0.2, 0.25) is 0 Å². The Balaban J connectivity index is 0.00000208. The van der Waals surface area contributed by atoms with Gasteiger partial charge in [0.1, 0.15) is 17.8 Å². The van der Waals surface area contributed by atoms with Crippen LogP contribution in [0, 0.1) is 11.7 Å². The van der Waals surface area contributed by atoms with Crippen LogP contribution < -0.4 is 0 Å². The van der Waals surface area contributed by atoms with Crippen molar-refractivity contribution in [3.05, 3.63) is 35.6 Å². The zero-order valence-electron chi connectivity index (χ0n) is 13.6. The van der Waals surface area contributed by atoms with Crippen molar-refractivity contribution in [1.82, 2.24) is 4.90 Å². The molecule has 3 rings (SSSR count). The van der Waals surface area contributed by atoms with Gasteiger partial charge in [0.05, 0.1) is 12.7 Å². The van der Waals surface area contributed by atoms with Crippen molar-refractivity contribution >= 4 is 24.3 Å². The molecular formula is C17H21ClFNO4. The van der Waals surface area contributed by atoms with Crippen LogP contribution in [-0.4, -0.2) is 49.2 Å². The van der Waals surface area contributed by atoms with Gasteiger partial charge in [-0.3, -0.25) is 9.69 Å². The predicted octanol–water partition coefficient (Wildman–Crippen LogP) is 2.43. The Bertz CT molecular complexity index is 609. The van der Waals surface area contributed by atoms with Crippen molar-refractivity contribution in [1.29, 1.82) is 0 Å². The number of piperidine rings is 1. The van der Waals surface area contributed by atoms with Crippen LogP contribution in [0.25, 0.3) is 0 Å². The van der Waals surface area contributed by atoms with Crippen LogP contribution in [0.3, 0.4) is 0 Å². The summed E-state index contributed by atoms with van der Waals surface area (Å²) in [6.45, 7) is 0. The SMILES string of the molecule is COC(=O)[C@H]1[C@@H](OC(=O)c2ccc(F)cc2)C[C@@H]2CC[C@H]1N2C.Cl. The second kappa shape index (κ2) is 7.49. The molecule has 0 unspecified atom stereocenters. The normalized spacial score (nSPS) is 28.8. The Hall–Kier alpha value is -1.66. The quantitative estimate of drug-likeness (QED) is 0.778. The molecule has 2 bridgehead atoms. The third-order valence-corrected chi connectivity index (χ3v) is 5.03. The molecule has 0 aromatic heterocycles. The van der Waals surface area contributed by atoms with Gasteiger partial charge >= 0.3 is 11.9 Å². The monoisotopic (exact) mass is 357 g/mol. The average molecular weight is 358 g/mol. The summed E-state index contributed by atoms with van der Waals surface area (Å²) in [5, 5.41) is 0. The maximum Gasteiger partial charge on any atom is 0.338 e. The Morgan fingerprint density at radius 2 is 1.88 bits per heavy atom. The van der Waals surface area contributed by atoms with Crippen molar-refractivity contribution in [2.75, 3.05) is 14.2 Å². The molecule has 0 saturated carbocycles. The van der Waals surface area contributed by atoms with Gasteiger partial charge in [-0.1, -0.05) is 0 Å². The van der Waals surface area contributed by atoms with Gasteiger partial charge in [0.2, 0.25) is 0 Å². The Labute approximate surface area is 146 Å². The molecule has 4 atom stereocenters. The van der Waals surface area contributed by atoms with Gasteiger partial charge in [-0.15, -0.1) is 12.4 Å². The molecule has 2 heterocycles. The van der Waals surface area contributed by atoms with Crippen molar-refractivity contribution in [2.24, 2.45) is 5.92 Å². The molecule has 132 valence electrons. The second-order valence-electron chi connectivity index (χ2n) is 6.20. The summed E-state index contributed by atoms with van der Waals surface area (Å²) in [7, 11) is 3.35. The molecule has 0 spiro atoms. The molecule has 2 fully saturated rings. The van der Waals surface area contributed by atoms with Crippen molar-refractivity contribution in [3.8, 4) is 0 Å². The first-order valence-corrected chi connectivity index (χ1v) is 7.77. The minimum atomic E-state index is -0.534. The molecular weight excluding hydrogens is 337 g/mol. The van der Waals surface area contributed by atoms with E-state index in [4.69, 9.17) is 9.47 Å². The first kappa shape index (κ1) is 18.7. The summed E-state index contributed by atoms with van der Waals surface area (Å²) in [5.41, 5.74) is 0.279. The van der Waals surface area contributed by atoms with E-state index in [-0.39, 0.29) is 30.0 Å². The van der Waals surface area contributed by atoms with E-state index in [1.54, 1.807) is 0 Å². The zero-order valence-corrected chi connectivity index (χ0v) is 14.4. The van der Waals surface area contributed by atoms with Gasteiger partial charge in [-0.25, -0.2) is 9.18 Å². The Morgan fingerprint density at radius 1 is 1.21 bits per heavy atom. The van der Waals surface area contributed by atoms with Gasteiger partial charge in [0.15, 0.2) is 0 Å². The number of rotatable bonds is 3. The molecule has 1 aromatic rings. The fourth-order valence-corrected chi connectivity index (χ4v) is 3.78. The van der Waals surface area contributed by atoms with Crippen molar-refractivity contribution < 1.29 is 23.5 Å². The summed E-state index contributed by atoms with van der Waals surface area (Å²) in [4.78, 5) is 26.7. The van der Waals surface area contributed by atoms with E-state index in [0.29, 0.717) is 12.5 Å². The fourth-order valence-electron chi connectivity index (χ4n) is 3.78. The summed E-state index contributed by atoms with van der Waals surface area (Å²) in [6.07, 6.45) is 1.98. The highest BCUT2D eigenvalue weighted by molar-refractivity contribution is 5.89. The van der Waals surface area contributed by atoms with E-state index in [1.807, 2.05) is 7.05 Å². The molecule has 2 saturated heterocycles. The second-order valence-corrected chi connectivity index (χ2v) is 6.20. The highest BCUT2D eigenvalue weighted by Crippen LogP contribution is 2.40. The molecule has 24 heavy (non-hydrogen) atoms. The highest BCUT2D eigenvalue weighted by Gasteiger charge is 2.50. The number of benzene rings is 1. The van der Waals surface area contributed by atoms with E-state index in [1.165, 1.54) is 31.4 Å². The standard InChI is InChI=1S/C17H20FNO4.ClH/c1-19-12-7-8-13(19)15(17(21)22-2)14(9-12)23-16(20)10-3-5-11(18)6-4-10;/h3-6,12-15H,7-9H2,1-2H3;1H/t12-,13+,14-,15+;/m0./s1. The number of ether oxygens (including phenoxy) is 2. The van der Waals surface area contributed by atoms with Crippen LogP contribution >= 0.6 is 12.4 Å². The molecule has 1 aromatic carbocycles.